The molecule has 10 nitrogen and oxygen atoms in total. The minimum absolute atomic E-state index is 0.0380. The lowest BCUT2D eigenvalue weighted by molar-refractivity contribution is -0.155. The molecule has 2 aromatic heterocycles. The van der Waals surface area contributed by atoms with Gasteiger partial charge in [-0.05, 0) is 90.5 Å². The van der Waals surface area contributed by atoms with E-state index in [0.29, 0.717) is 42.2 Å². The average molecular weight is 519 g/mol. The molecule has 0 N–H and O–H groups in total. The number of benzene rings is 1. The number of rotatable bonds is 6. The average Bonchev–Trinajstić information content (AvgIpc) is 3.66. The van der Waals surface area contributed by atoms with E-state index in [4.69, 9.17) is 19.0 Å². The molecule has 200 valence electrons. The summed E-state index contributed by atoms with van der Waals surface area (Å²) in [5, 5.41) is 13.5. The molecule has 0 spiro atoms. The Morgan fingerprint density at radius 2 is 1.66 bits per heavy atom. The van der Waals surface area contributed by atoms with Gasteiger partial charge in [0.15, 0.2) is 23.1 Å². The quantitative estimate of drug-likeness (QED) is 0.490. The predicted octanol–water partition coefficient (Wildman–Crippen LogP) is 3.38. The summed E-state index contributed by atoms with van der Waals surface area (Å²) in [5.41, 5.74) is 0.603. The summed E-state index contributed by atoms with van der Waals surface area (Å²) < 4.78 is 18.4. The third-order valence-electron chi connectivity index (χ3n) is 9.64. The molecule has 10 heteroatoms. The highest BCUT2D eigenvalue weighted by atomic mass is 16.5. The Morgan fingerprint density at radius 3 is 2.29 bits per heavy atom. The first-order chi connectivity index (χ1) is 18.6. The summed E-state index contributed by atoms with van der Waals surface area (Å²) >= 11 is 0. The fraction of sp³-hybridized carbons (Fsp3) is 0.571. The van der Waals surface area contributed by atoms with E-state index in [9.17, 15) is 4.79 Å². The SMILES string of the molecule is COc1ccc(-n2nnnc2C2(N3CCN(C(=O)c4ccco4)CC3)C3CC4CC(C3)CC2C4)cc1OC. The van der Waals surface area contributed by atoms with Crippen LogP contribution in [0, 0.1) is 23.7 Å². The smallest absolute Gasteiger partial charge is 0.289 e. The molecule has 1 amide bonds. The number of hydrogen-bond donors (Lipinski definition) is 0. The summed E-state index contributed by atoms with van der Waals surface area (Å²) in [6.07, 6.45) is 7.81. The Morgan fingerprint density at radius 1 is 0.947 bits per heavy atom. The molecule has 4 bridgehead atoms. The van der Waals surface area contributed by atoms with Crippen molar-refractivity contribution in [1.29, 1.82) is 0 Å². The molecule has 1 aromatic carbocycles. The van der Waals surface area contributed by atoms with Crippen LogP contribution in [0.15, 0.2) is 41.0 Å². The van der Waals surface area contributed by atoms with Crippen molar-refractivity contribution >= 4 is 5.91 Å². The molecule has 5 aliphatic rings. The molecular formula is C28H34N6O4. The van der Waals surface area contributed by atoms with E-state index < -0.39 is 0 Å². The Kier molecular flexibility index (Phi) is 5.68. The summed E-state index contributed by atoms with van der Waals surface area (Å²) in [7, 11) is 3.28. The van der Waals surface area contributed by atoms with Gasteiger partial charge in [0, 0.05) is 32.2 Å². The topological polar surface area (TPSA) is 98.8 Å². The van der Waals surface area contributed by atoms with Gasteiger partial charge in [-0.15, -0.1) is 5.10 Å². The van der Waals surface area contributed by atoms with Crippen molar-refractivity contribution < 1.29 is 18.7 Å². The third kappa shape index (κ3) is 3.49. The lowest BCUT2D eigenvalue weighted by atomic mass is 9.47. The van der Waals surface area contributed by atoms with Crippen LogP contribution >= 0.6 is 0 Å². The molecule has 0 atom stereocenters. The van der Waals surface area contributed by atoms with Crippen LogP contribution in [0.1, 0.15) is 48.5 Å². The molecule has 8 rings (SSSR count). The number of amides is 1. The Balaban J connectivity index is 1.27. The minimum atomic E-state index is -0.260. The largest absolute Gasteiger partial charge is 0.493 e. The molecule has 1 saturated heterocycles. The van der Waals surface area contributed by atoms with E-state index in [1.165, 1.54) is 32.1 Å². The summed E-state index contributed by atoms with van der Waals surface area (Å²) in [4.78, 5) is 17.5. The Labute approximate surface area is 221 Å². The maximum atomic E-state index is 13.0. The first-order valence-corrected chi connectivity index (χ1v) is 13.7. The number of aromatic nitrogens is 4. The lowest BCUT2D eigenvalue weighted by Gasteiger charge is -2.64. The molecule has 3 aromatic rings. The van der Waals surface area contributed by atoms with Crippen molar-refractivity contribution in [3.8, 4) is 17.2 Å². The van der Waals surface area contributed by atoms with Crippen molar-refractivity contribution in [2.45, 2.75) is 37.6 Å². The normalized spacial score (nSPS) is 30.5. The van der Waals surface area contributed by atoms with Crippen LogP contribution in [0.3, 0.4) is 0 Å². The van der Waals surface area contributed by atoms with E-state index >= 15 is 0 Å². The van der Waals surface area contributed by atoms with Crippen LogP contribution in [-0.2, 0) is 5.54 Å². The maximum absolute atomic E-state index is 13.0. The Bertz CT molecular complexity index is 1280. The number of piperazine rings is 1. The lowest BCUT2D eigenvalue weighted by Crippen LogP contribution is -2.67. The van der Waals surface area contributed by atoms with Crippen LogP contribution in [0.4, 0.5) is 0 Å². The Hall–Kier alpha value is -3.40. The number of furan rings is 1. The minimum Gasteiger partial charge on any atom is -0.493 e. The van der Waals surface area contributed by atoms with Crippen molar-refractivity contribution in [3.05, 3.63) is 48.2 Å². The van der Waals surface area contributed by atoms with Crippen LogP contribution in [0.2, 0.25) is 0 Å². The standard InChI is InChI=1S/C28H34N6O4/c1-36-23-6-5-22(17-25(23)37-2)34-27(29-30-31-34)28(20-13-18-12-19(15-20)16-21(28)14-18)33-9-7-32(8-10-33)26(35)24-4-3-11-38-24/h3-6,11,17-21H,7-10,12-16H2,1-2H3. The van der Waals surface area contributed by atoms with Gasteiger partial charge in [-0.25, -0.2) is 0 Å². The molecule has 0 unspecified atom stereocenters. The number of nitrogens with zero attached hydrogens (tertiary/aromatic N) is 6. The van der Waals surface area contributed by atoms with Crippen LogP contribution in [0.25, 0.3) is 5.69 Å². The van der Waals surface area contributed by atoms with Gasteiger partial charge in [0.25, 0.3) is 5.91 Å². The molecule has 38 heavy (non-hydrogen) atoms. The van der Waals surface area contributed by atoms with Gasteiger partial charge in [-0.2, -0.15) is 4.68 Å². The zero-order chi connectivity index (χ0) is 25.9. The van der Waals surface area contributed by atoms with Gasteiger partial charge in [-0.3, -0.25) is 9.69 Å². The van der Waals surface area contributed by atoms with Crippen molar-refractivity contribution in [2.75, 3.05) is 40.4 Å². The molecule has 0 radical (unpaired) electrons. The van der Waals surface area contributed by atoms with Gasteiger partial charge in [0.1, 0.15) is 0 Å². The first-order valence-electron chi connectivity index (χ1n) is 13.7. The number of hydrogen-bond acceptors (Lipinski definition) is 8. The van der Waals surface area contributed by atoms with E-state index in [1.807, 2.05) is 27.8 Å². The van der Waals surface area contributed by atoms with E-state index in [1.54, 1.807) is 32.6 Å². The van der Waals surface area contributed by atoms with E-state index in [0.717, 1.165) is 36.4 Å². The van der Waals surface area contributed by atoms with Gasteiger partial charge >= 0.3 is 0 Å². The van der Waals surface area contributed by atoms with Crippen molar-refractivity contribution in [2.24, 2.45) is 23.7 Å². The zero-order valence-corrected chi connectivity index (χ0v) is 22.0. The summed E-state index contributed by atoms with van der Waals surface area (Å²) in [5.74, 6) is 5.21. The van der Waals surface area contributed by atoms with E-state index in [-0.39, 0.29) is 11.4 Å². The molecule has 4 aliphatic carbocycles. The maximum Gasteiger partial charge on any atom is 0.289 e. The summed E-state index contributed by atoms with van der Waals surface area (Å²) in [6.45, 7) is 2.89. The highest BCUT2D eigenvalue weighted by Crippen LogP contribution is 2.63. The second-order valence-electron chi connectivity index (χ2n) is 11.3. The highest BCUT2D eigenvalue weighted by molar-refractivity contribution is 5.91. The molecule has 5 fully saturated rings. The number of tetrazole rings is 1. The number of methoxy groups -OCH3 is 2. The number of carbonyl (C=O) groups excluding carboxylic acids is 1. The van der Waals surface area contributed by atoms with Gasteiger partial charge in [-0.1, -0.05) is 0 Å². The van der Waals surface area contributed by atoms with Crippen LogP contribution < -0.4 is 9.47 Å². The fourth-order valence-corrected chi connectivity index (χ4v) is 8.33. The van der Waals surface area contributed by atoms with Gasteiger partial charge in [0.05, 0.1) is 31.7 Å². The first kappa shape index (κ1) is 23.7. The number of carbonyl (C=O) groups is 1. The second kappa shape index (κ2) is 9.11. The second-order valence-corrected chi connectivity index (χ2v) is 11.3. The van der Waals surface area contributed by atoms with Gasteiger partial charge in [0.2, 0.25) is 0 Å². The zero-order valence-electron chi connectivity index (χ0n) is 22.0. The molecule has 1 aliphatic heterocycles. The molecular weight excluding hydrogens is 484 g/mol. The number of ether oxygens (including phenoxy) is 2. The third-order valence-corrected chi connectivity index (χ3v) is 9.64. The molecule has 4 saturated carbocycles. The van der Waals surface area contributed by atoms with Gasteiger partial charge < -0.3 is 18.8 Å². The van der Waals surface area contributed by atoms with Crippen LogP contribution in [0.5, 0.6) is 11.5 Å². The van der Waals surface area contributed by atoms with E-state index in [2.05, 4.69) is 15.3 Å². The highest BCUT2D eigenvalue weighted by Gasteiger charge is 2.63. The predicted molar refractivity (Wildman–Crippen MR) is 137 cm³/mol. The monoisotopic (exact) mass is 518 g/mol. The van der Waals surface area contributed by atoms with Crippen LogP contribution in [-0.4, -0.2) is 76.3 Å². The summed E-state index contributed by atoms with van der Waals surface area (Å²) in [6, 6.07) is 9.35. The van der Waals surface area contributed by atoms with Crippen molar-refractivity contribution in [3.63, 3.8) is 0 Å². The fourth-order valence-electron chi connectivity index (χ4n) is 8.33. The van der Waals surface area contributed by atoms with Crippen molar-refractivity contribution in [1.82, 2.24) is 30.0 Å². The molecule has 3 heterocycles.